The van der Waals surface area contributed by atoms with E-state index in [0.29, 0.717) is 12.8 Å². The van der Waals surface area contributed by atoms with Crippen LogP contribution in [0.25, 0.3) is 0 Å². The standard InChI is InChI=1S/C10H9IO2/c11-10-5-8(13)4-6-3-7(12)1-2-9(6)10/h4-5,13H,1-3H2. The number of carbonyl (C=O) groups excluding carboxylic acids is 1. The van der Waals surface area contributed by atoms with Crippen LogP contribution in [-0.4, -0.2) is 10.9 Å². The lowest BCUT2D eigenvalue weighted by Crippen LogP contribution is -2.14. The summed E-state index contributed by atoms with van der Waals surface area (Å²) in [5.74, 6) is 0.534. The SMILES string of the molecule is O=C1CCc2c(I)cc(O)cc2C1. The van der Waals surface area contributed by atoms with Gasteiger partial charge >= 0.3 is 0 Å². The van der Waals surface area contributed by atoms with Gasteiger partial charge in [0.15, 0.2) is 0 Å². The number of rotatable bonds is 0. The van der Waals surface area contributed by atoms with Crippen molar-refractivity contribution in [2.45, 2.75) is 19.3 Å². The van der Waals surface area contributed by atoms with Crippen molar-refractivity contribution >= 4 is 28.4 Å². The number of Topliss-reactive ketones (excluding diaryl/α,β-unsaturated/α-hetero) is 1. The minimum absolute atomic E-state index is 0.262. The van der Waals surface area contributed by atoms with Gasteiger partial charge in [0.25, 0.3) is 0 Å². The van der Waals surface area contributed by atoms with Gasteiger partial charge in [0.2, 0.25) is 0 Å². The summed E-state index contributed by atoms with van der Waals surface area (Å²) in [6, 6.07) is 3.45. The Labute approximate surface area is 90.1 Å². The number of hydrogen-bond acceptors (Lipinski definition) is 2. The maximum Gasteiger partial charge on any atom is 0.137 e. The molecule has 0 amide bonds. The van der Waals surface area contributed by atoms with Crippen molar-refractivity contribution in [3.8, 4) is 5.75 Å². The van der Waals surface area contributed by atoms with Gasteiger partial charge in [0.1, 0.15) is 11.5 Å². The first-order valence-electron chi connectivity index (χ1n) is 4.19. The van der Waals surface area contributed by atoms with E-state index >= 15 is 0 Å². The number of phenols is 1. The molecule has 2 nitrogen and oxygen atoms in total. The number of aromatic hydroxyl groups is 1. The fourth-order valence-electron chi connectivity index (χ4n) is 1.68. The molecule has 0 unspecified atom stereocenters. The summed E-state index contributed by atoms with van der Waals surface area (Å²) >= 11 is 2.20. The molecule has 1 aliphatic rings. The average Bonchev–Trinajstić information content (AvgIpc) is 2.02. The third-order valence-corrected chi connectivity index (χ3v) is 3.28. The Morgan fingerprint density at radius 3 is 2.85 bits per heavy atom. The molecule has 3 heteroatoms. The lowest BCUT2D eigenvalue weighted by atomic mass is 9.91. The van der Waals surface area contributed by atoms with Gasteiger partial charge in [-0.1, -0.05) is 0 Å². The fourth-order valence-corrected chi connectivity index (χ4v) is 2.62. The van der Waals surface area contributed by atoms with Gasteiger partial charge in [-0.3, -0.25) is 4.79 Å². The summed E-state index contributed by atoms with van der Waals surface area (Å²) in [7, 11) is 0. The van der Waals surface area contributed by atoms with E-state index in [2.05, 4.69) is 22.6 Å². The molecule has 0 fully saturated rings. The highest BCUT2D eigenvalue weighted by Crippen LogP contribution is 2.28. The van der Waals surface area contributed by atoms with Crippen LogP contribution in [-0.2, 0) is 17.6 Å². The van der Waals surface area contributed by atoms with E-state index in [4.69, 9.17) is 0 Å². The average molecular weight is 288 g/mol. The van der Waals surface area contributed by atoms with Crippen molar-refractivity contribution < 1.29 is 9.90 Å². The predicted molar refractivity (Wildman–Crippen MR) is 57.9 cm³/mol. The summed E-state index contributed by atoms with van der Waals surface area (Å²) < 4.78 is 1.07. The van der Waals surface area contributed by atoms with E-state index in [1.54, 1.807) is 12.1 Å². The molecular formula is C10H9IO2. The second kappa shape index (κ2) is 3.29. The van der Waals surface area contributed by atoms with Crippen LogP contribution >= 0.6 is 22.6 Å². The van der Waals surface area contributed by atoms with Crippen molar-refractivity contribution in [2.75, 3.05) is 0 Å². The Kier molecular flexibility index (Phi) is 2.27. The molecule has 2 rings (SSSR count). The van der Waals surface area contributed by atoms with Crippen molar-refractivity contribution in [1.82, 2.24) is 0 Å². The topological polar surface area (TPSA) is 37.3 Å². The summed E-state index contributed by atoms with van der Waals surface area (Å²) in [5, 5.41) is 9.34. The first kappa shape index (κ1) is 8.99. The number of ketones is 1. The molecule has 0 heterocycles. The third-order valence-electron chi connectivity index (χ3n) is 2.31. The van der Waals surface area contributed by atoms with Gasteiger partial charge in [0.05, 0.1) is 0 Å². The molecule has 13 heavy (non-hydrogen) atoms. The number of carbonyl (C=O) groups is 1. The minimum Gasteiger partial charge on any atom is -0.508 e. The van der Waals surface area contributed by atoms with Gasteiger partial charge < -0.3 is 5.11 Å². The fraction of sp³-hybridized carbons (Fsp3) is 0.300. The largest absolute Gasteiger partial charge is 0.508 e. The molecule has 0 aliphatic heterocycles. The van der Waals surface area contributed by atoms with Crippen molar-refractivity contribution in [3.63, 3.8) is 0 Å². The molecule has 1 N–H and O–H groups in total. The number of hydrogen-bond donors (Lipinski definition) is 1. The minimum atomic E-state index is 0.262. The highest BCUT2D eigenvalue weighted by molar-refractivity contribution is 14.1. The molecule has 0 spiro atoms. The van der Waals surface area contributed by atoms with Gasteiger partial charge in [-0.15, -0.1) is 0 Å². The Hall–Kier alpha value is -0.580. The predicted octanol–water partition coefficient (Wildman–Crippen LogP) is 2.05. The highest BCUT2D eigenvalue weighted by Gasteiger charge is 2.18. The molecule has 0 saturated carbocycles. The Morgan fingerprint density at radius 1 is 1.31 bits per heavy atom. The van der Waals surface area contributed by atoms with Crippen molar-refractivity contribution in [3.05, 3.63) is 26.8 Å². The van der Waals surface area contributed by atoms with Gasteiger partial charge in [-0.2, -0.15) is 0 Å². The van der Waals surface area contributed by atoms with Gasteiger partial charge in [-0.05, 0) is 52.3 Å². The van der Waals surface area contributed by atoms with Crippen LogP contribution in [0.15, 0.2) is 12.1 Å². The molecule has 0 aromatic heterocycles. The monoisotopic (exact) mass is 288 g/mol. The maximum absolute atomic E-state index is 11.2. The van der Waals surface area contributed by atoms with Gasteiger partial charge in [0, 0.05) is 16.4 Å². The zero-order chi connectivity index (χ0) is 9.42. The number of benzene rings is 1. The quantitative estimate of drug-likeness (QED) is 0.742. The smallest absolute Gasteiger partial charge is 0.137 e. The lowest BCUT2D eigenvalue weighted by molar-refractivity contribution is -0.118. The van der Waals surface area contributed by atoms with Crippen LogP contribution in [0.1, 0.15) is 17.5 Å². The van der Waals surface area contributed by atoms with E-state index in [-0.39, 0.29) is 11.5 Å². The zero-order valence-corrected chi connectivity index (χ0v) is 9.17. The number of phenolic OH excluding ortho intramolecular Hbond substituents is 1. The Morgan fingerprint density at radius 2 is 2.08 bits per heavy atom. The second-order valence-corrected chi connectivity index (χ2v) is 4.44. The Balaban J connectivity index is 2.53. The van der Waals surface area contributed by atoms with Crippen molar-refractivity contribution in [1.29, 1.82) is 0 Å². The van der Waals surface area contributed by atoms with Crippen LogP contribution in [0.5, 0.6) is 5.75 Å². The van der Waals surface area contributed by atoms with Crippen LogP contribution in [0.2, 0.25) is 0 Å². The maximum atomic E-state index is 11.2. The van der Waals surface area contributed by atoms with E-state index in [1.807, 2.05) is 0 Å². The first-order valence-corrected chi connectivity index (χ1v) is 5.26. The molecule has 0 atom stereocenters. The first-order chi connectivity index (χ1) is 6.16. The molecule has 0 bridgehead atoms. The molecule has 68 valence electrons. The summed E-state index contributed by atoms with van der Waals surface area (Å²) in [6.45, 7) is 0. The molecule has 1 aliphatic carbocycles. The molecule has 1 aromatic carbocycles. The zero-order valence-electron chi connectivity index (χ0n) is 7.01. The summed E-state index contributed by atoms with van der Waals surface area (Å²) in [6.07, 6.45) is 1.96. The van der Waals surface area contributed by atoms with Crippen LogP contribution in [0.3, 0.4) is 0 Å². The van der Waals surface area contributed by atoms with Crippen molar-refractivity contribution in [2.24, 2.45) is 0 Å². The Bertz CT molecular complexity index is 371. The van der Waals surface area contributed by atoms with Gasteiger partial charge in [-0.25, -0.2) is 0 Å². The van der Waals surface area contributed by atoms with E-state index in [9.17, 15) is 9.90 Å². The summed E-state index contributed by atoms with van der Waals surface area (Å²) in [4.78, 5) is 11.2. The molecule has 0 saturated heterocycles. The lowest BCUT2D eigenvalue weighted by Gasteiger charge is -2.16. The molecule has 0 radical (unpaired) electrons. The van der Waals surface area contributed by atoms with Crippen LogP contribution in [0, 0.1) is 3.57 Å². The summed E-state index contributed by atoms with van der Waals surface area (Å²) in [5.41, 5.74) is 2.23. The van der Waals surface area contributed by atoms with Crippen LogP contribution in [0.4, 0.5) is 0 Å². The highest BCUT2D eigenvalue weighted by atomic mass is 127. The molecular weight excluding hydrogens is 279 g/mol. The van der Waals surface area contributed by atoms with E-state index in [0.717, 1.165) is 15.6 Å². The number of halogens is 1. The van der Waals surface area contributed by atoms with Crippen LogP contribution < -0.4 is 0 Å². The second-order valence-electron chi connectivity index (χ2n) is 3.28. The number of fused-ring (bicyclic) bond motifs is 1. The third kappa shape index (κ3) is 1.70. The molecule has 1 aromatic rings. The normalized spacial score (nSPS) is 15.6. The van der Waals surface area contributed by atoms with E-state index < -0.39 is 0 Å². The van der Waals surface area contributed by atoms with E-state index in [1.165, 1.54) is 5.56 Å².